The van der Waals surface area contributed by atoms with E-state index in [1.165, 1.54) is 12.5 Å². The first-order valence-corrected chi connectivity index (χ1v) is 7.00. The third-order valence-corrected chi connectivity index (χ3v) is 3.90. The Labute approximate surface area is 120 Å². The molecule has 1 atom stereocenters. The van der Waals surface area contributed by atoms with E-state index in [1.54, 1.807) is 6.07 Å². The molecule has 1 aromatic carbocycles. The van der Waals surface area contributed by atoms with Crippen LogP contribution in [0.25, 0.3) is 0 Å². The van der Waals surface area contributed by atoms with Gasteiger partial charge in [-0.3, -0.25) is 4.90 Å². The summed E-state index contributed by atoms with van der Waals surface area (Å²) in [7, 11) is 2.54. The normalized spacial score (nSPS) is 20.4. The van der Waals surface area contributed by atoms with Gasteiger partial charge in [0.15, 0.2) is 0 Å². The maximum absolute atomic E-state index is 13.5. The molecule has 1 aliphatic rings. The van der Waals surface area contributed by atoms with Crippen LogP contribution < -0.4 is 5.46 Å². The molecule has 1 aliphatic heterocycles. The predicted octanol–water partition coefficient (Wildman–Crippen LogP) is 0.0315. The number of piperidine rings is 1. The molecule has 0 saturated carbocycles. The Bertz CT molecular complexity index is 457. The average Bonchev–Trinajstić information content (AvgIpc) is 2.38. The minimum absolute atomic E-state index is 0.209. The van der Waals surface area contributed by atoms with Crippen molar-refractivity contribution in [3.05, 3.63) is 29.6 Å². The average molecular weight is 280 g/mol. The topological polar surface area (TPSA) is 46.9 Å². The van der Waals surface area contributed by atoms with Crippen molar-refractivity contribution in [1.29, 1.82) is 0 Å². The number of likely N-dealkylation sites (tertiary alicyclic amines) is 1. The van der Waals surface area contributed by atoms with Gasteiger partial charge < -0.3 is 14.9 Å². The van der Waals surface area contributed by atoms with E-state index < -0.39 is 12.9 Å². The quantitative estimate of drug-likeness (QED) is 0.764. The summed E-state index contributed by atoms with van der Waals surface area (Å²) in [5.41, 5.74) is 0.994. The minimum Gasteiger partial charge on any atom is -0.423 e. The summed E-state index contributed by atoms with van der Waals surface area (Å²) >= 11 is 0. The van der Waals surface area contributed by atoms with Gasteiger partial charge in [0.1, 0.15) is 5.82 Å². The molecule has 1 fully saturated rings. The Balaban J connectivity index is 2.06. The lowest BCUT2D eigenvalue weighted by molar-refractivity contribution is 0.128. The number of hydrogen-bond acceptors (Lipinski definition) is 4. The van der Waals surface area contributed by atoms with Crippen molar-refractivity contribution in [1.82, 2.24) is 9.80 Å². The van der Waals surface area contributed by atoms with Gasteiger partial charge in [0.25, 0.3) is 0 Å². The summed E-state index contributed by atoms with van der Waals surface area (Å²) < 4.78 is 13.5. The maximum Gasteiger partial charge on any atom is 0.488 e. The van der Waals surface area contributed by atoms with Crippen LogP contribution >= 0.6 is 0 Å². The Morgan fingerprint density at radius 2 is 2.10 bits per heavy atom. The number of benzene rings is 1. The predicted molar refractivity (Wildman–Crippen MR) is 78.2 cm³/mol. The van der Waals surface area contributed by atoms with Crippen molar-refractivity contribution in [2.45, 2.75) is 25.4 Å². The number of halogens is 1. The molecular weight excluding hydrogens is 258 g/mol. The SMILES string of the molecule is CN(C)C1CCCN(Cc2cc(F)cc(B(O)O)c2)C1. The second-order valence-electron chi connectivity index (χ2n) is 5.76. The van der Waals surface area contributed by atoms with Crippen LogP contribution in [0.5, 0.6) is 0 Å². The molecule has 20 heavy (non-hydrogen) atoms. The Morgan fingerprint density at radius 1 is 1.35 bits per heavy atom. The summed E-state index contributed by atoms with van der Waals surface area (Å²) in [6, 6.07) is 4.81. The van der Waals surface area contributed by atoms with E-state index in [0.717, 1.165) is 31.1 Å². The fourth-order valence-corrected chi connectivity index (χ4v) is 2.77. The molecule has 0 aliphatic carbocycles. The van der Waals surface area contributed by atoms with E-state index in [2.05, 4.69) is 23.9 Å². The lowest BCUT2D eigenvalue weighted by Gasteiger charge is -2.36. The minimum atomic E-state index is -1.62. The third-order valence-electron chi connectivity index (χ3n) is 3.90. The van der Waals surface area contributed by atoms with Crippen LogP contribution in [0, 0.1) is 5.82 Å². The van der Waals surface area contributed by atoms with E-state index in [4.69, 9.17) is 10.0 Å². The molecule has 1 heterocycles. The molecule has 1 aromatic rings. The van der Waals surface area contributed by atoms with Gasteiger partial charge in [-0.1, -0.05) is 6.07 Å². The van der Waals surface area contributed by atoms with Crippen LogP contribution in [-0.4, -0.2) is 60.2 Å². The summed E-state index contributed by atoms with van der Waals surface area (Å²) in [4.78, 5) is 4.51. The Kier molecular flexibility index (Phi) is 5.15. The zero-order valence-corrected chi connectivity index (χ0v) is 12.1. The van der Waals surface area contributed by atoms with Crippen molar-refractivity contribution in [3.63, 3.8) is 0 Å². The number of hydrogen-bond donors (Lipinski definition) is 2. The van der Waals surface area contributed by atoms with E-state index in [9.17, 15) is 4.39 Å². The van der Waals surface area contributed by atoms with E-state index in [0.29, 0.717) is 12.6 Å². The Hall–Kier alpha value is -0.945. The maximum atomic E-state index is 13.5. The van der Waals surface area contributed by atoms with Crippen LogP contribution in [0.4, 0.5) is 4.39 Å². The number of nitrogens with zero attached hydrogens (tertiary/aromatic N) is 2. The van der Waals surface area contributed by atoms with Gasteiger partial charge in [-0.15, -0.1) is 0 Å². The first-order chi connectivity index (χ1) is 9.45. The molecular formula is C14H22BFN2O2. The first-order valence-electron chi connectivity index (χ1n) is 7.00. The number of likely N-dealkylation sites (N-methyl/N-ethyl adjacent to an activating group) is 1. The zero-order valence-electron chi connectivity index (χ0n) is 12.1. The first kappa shape index (κ1) is 15.4. The Morgan fingerprint density at radius 3 is 2.75 bits per heavy atom. The fraction of sp³-hybridized carbons (Fsp3) is 0.571. The summed E-state index contributed by atoms with van der Waals surface area (Å²) in [5, 5.41) is 18.3. The molecule has 0 amide bonds. The molecule has 4 nitrogen and oxygen atoms in total. The van der Waals surface area contributed by atoms with Crippen molar-refractivity contribution < 1.29 is 14.4 Å². The molecule has 6 heteroatoms. The molecule has 0 radical (unpaired) electrons. The molecule has 1 saturated heterocycles. The van der Waals surface area contributed by atoms with Gasteiger partial charge in [-0.2, -0.15) is 0 Å². The molecule has 0 bridgehead atoms. The van der Waals surface area contributed by atoms with Crippen LogP contribution in [0.3, 0.4) is 0 Å². The highest BCUT2D eigenvalue weighted by molar-refractivity contribution is 6.58. The smallest absolute Gasteiger partial charge is 0.423 e. The highest BCUT2D eigenvalue weighted by Crippen LogP contribution is 2.16. The lowest BCUT2D eigenvalue weighted by Crippen LogP contribution is -2.44. The van der Waals surface area contributed by atoms with Crippen molar-refractivity contribution in [2.24, 2.45) is 0 Å². The molecule has 0 aromatic heterocycles. The van der Waals surface area contributed by atoms with Gasteiger partial charge in [-0.25, -0.2) is 4.39 Å². The van der Waals surface area contributed by atoms with Crippen LogP contribution in [0.2, 0.25) is 0 Å². The monoisotopic (exact) mass is 280 g/mol. The van der Waals surface area contributed by atoms with Gasteiger partial charge >= 0.3 is 7.12 Å². The van der Waals surface area contributed by atoms with E-state index in [1.807, 2.05) is 0 Å². The van der Waals surface area contributed by atoms with E-state index in [-0.39, 0.29) is 5.46 Å². The van der Waals surface area contributed by atoms with Crippen LogP contribution in [-0.2, 0) is 6.54 Å². The van der Waals surface area contributed by atoms with Gasteiger partial charge in [0.2, 0.25) is 0 Å². The zero-order chi connectivity index (χ0) is 14.7. The van der Waals surface area contributed by atoms with Gasteiger partial charge in [0, 0.05) is 19.1 Å². The summed E-state index contributed by atoms with van der Waals surface area (Å²) in [5.74, 6) is -0.424. The van der Waals surface area contributed by atoms with E-state index >= 15 is 0 Å². The largest absolute Gasteiger partial charge is 0.488 e. The molecule has 1 unspecified atom stereocenters. The second-order valence-corrected chi connectivity index (χ2v) is 5.76. The molecule has 0 spiro atoms. The fourth-order valence-electron chi connectivity index (χ4n) is 2.77. The highest BCUT2D eigenvalue weighted by atomic mass is 19.1. The summed E-state index contributed by atoms with van der Waals surface area (Å²) in [6.45, 7) is 2.60. The summed E-state index contributed by atoms with van der Waals surface area (Å²) in [6.07, 6.45) is 2.32. The van der Waals surface area contributed by atoms with Crippen LogP contribution in [0.1, 0.15) is 18.4 Å². The standard InChI is InChI=1S/C14H22BFN2O2/c1-17(2)14-4-3-5-18(10-14)9-11-6-12(15(19)20)8-13(16)7-11/h6-8,14,19-20H,3-5,9-10H2,1-2H3. The second kappa shape index (κ2) is 6.67. The molecule has 2 rings (SSSR count). The lowest BCUT2D eigenvalue weighted by atomic mass is 9.79. The van der Waals surface area contributed by atoms with Crippen LogP contribution in [0.15, 0.2) is 18.2 Å². The number of rotatable bonds is 4. The molecule has 110 valence electrons. The van der Waals surface area contributed by atoms with Gasteiger partial charge in [0.05, 0.1) is 0 Å². The van der Waals surface area contributed by atoms with Gasteiger partial charge in [-0.05, 0) is 56.6 Å². The third kappa shape index (κ3) is 4.02. The molecule has 2 N–H and O–H groups in total. The highest BCUT2D eigenvalue weighted by Gasteiger charge is 2.22. The van der Waals surface area contributed by atoms with Crippen molar-refractivity contribution >= 4 is 12.6 Å². The van der Waals surface area contributed by atoms with Crippen molar-refractivity contribution in [2.75, 3.05) is 27.2 Å². The van der Waals surface area contributed by atoms with Crippen molar-refractivity contribution in [3.8, 4) is 0 Å².